The summed E-state index contributed by atoms with van der Waals surface area (Å²) in [6, 6.07) is 20.3. The van der Waals surface area contributed by atoms with E-state index in [1.54, 1.807) is 25.5 Å². The van der Waals surface area contributed by atoms with Gasteiger partial charge in [-0.25, -0.2) is 4.98 Å². The first-order chi connectivity index (χ1) is 17.1. The molecule has 1 amide bonds. The largest absolute Gasteiger partial charge is 0.497 e. The van der Waals surface area contributed by atoms with E-state index >= 15 is 0 Å². The summed E-state index contributed by atoms with van der Waals surface area (Å²) in [7, 11) is 1.61. The zero-order chi connectivity index (χ0) is 24.2. The molecule has 8 nitrogen and oxygen atoms in total. The van der Waals surface area contributed by atoms with Crippen LogP contribution in [0.2, 0.25) is 0 Å². The summed E-state index contributed by atoms with van der Waals surface area (Å²) in [6.45, 7) is 2.59. The standard InChI is InChI=1S/C26H23N3O5S/c1-3-32-18-10-8-17(9-11-18)15-27-29(26-28-20-13-12-19(31-2)14-24(20)35-26)25(30)23-16-33-21-6-4-5-7-22(21)34-23/h4-15,23H,3,16H2,1-2H3/b27-15+. The van der Waals surface area contributed by atoms with Gasteiger partial charge >= 0.3 is 0 Å². The second-order valence-corrected chi connectivity index (χ2v) is 8.60. The number of hydrogen-bond donors (Lipinski definition) is 0. The fraction of sp³-hybridized carbons (Fsp3) is 0.192. The maximum atomic E-state index is 13.6. The van der Waals surface area contributed by atoms with E-state index in [4.69, 9.17) is 18.9 Å². The number of hydrogen-bond acceptors (Lipinski definition) is 8. The van der Waals surface area contributed by atoms with Gasteiger partial charge in [0.15, 0.2) is 11.5 Å². The fourth-order valence-electron chi connectivity index (χ4n) is 3.53. The van der Waals surface area contributed by atoms with Crippen LogP contribution in [0.15, 0.2) is 71.8 Å². The van der Waals surface area contributed by atoms with Crippen LogP contribution in [-0.4, -0.2) is 43.5 Å². The highest BCUT2D eigenvalue weighted by Gasteiger charge is 2.33. The molecule has 0 spiro atoms. The van der Waals surface area contributed by atoms with Crippen molar-refractivity contribution < 1.29 is 23.7 Å². The lowest BCUT2D eigenvalue weighted by Gasteiger charge is -2.27. The normalized spacial score (nSPS) is 14.7. The Kier molecular flexibility index (Phi) is 6.49. The van der Waals surface area contributed by atoms with E-state index in [9.17, 15) is 4.79 Å². The van der Waals surface area contributed by atoms with Gasteiger partial charge in [0.1, 0.15) is 18.1 Å². The molecule has 178 valence electrons. The number of nitrogens with zero attached hydrogens (tertiary/aromatic N) is 3. The average molecular weight is 490 g/mol. The molecule has 0 bridgehead atoms. The van der Waals surface area contributed by atoms with Gasteiger partial charge in [-0.05, 0) is 67.1 Å². The molecular weight excluding hydrogens is 466 g/mol. The maximum Gasteiger partial charge on any atom is 0.294 e. The third-order valence-corrected chi connectivity index (χ3v) is 6.27. The molecule has 1 aliphatic rings. The van der Waals surface area contributed by atoms with Crippen LogP contribution in [0, 0.1) is 0 Å². The van der Waals surface area contributed by atoms with Crippen molar-refractivity contribution in [1.29, 1.82) is 0 Å². The number of anilines is 1. The van der Waals surface area contributed by atoms with Crippen LogP contribution < -0.4 is 24.0 Å². The van der Waals surface area contributed by atoms with Crippen LogP contribution in [0.3, 0.4) is 0 Å². The zero-order valence-corrected chi connectivity index (χ0v) is 20.0. The average Bonchev–Trinajstić information content (AvgIpc) is 3.32. The summed E-state index contributed by atoms with van der Waals surface area (Å²) < 4.78 is 23.4. The lowest BCUT2D eigenvalue weighted by molar-refractivity contribution is -0.127. The number of hydrazone groups is 1. The summed E-state index contributed by atoms with van der Waals surface area (Å²) >= 11 is 1.34. The Hall–Kier alpha value is -4.11. The highest BCUT2D eigenvalue weighted by molar-refractivity contribution is 7.22. The van der Waals surface area contributed by atoms with E-state index in [0.717, 1.165) is 21.5 Å². The molecule has 1 atom stereocenters. The number of carbonyl (C=O) groups is 1. The molecule has 1 aromatic heterocycles. The fourth-order valence-corrected chi connectivity index (χ4v) is 4.49. The van der Waals surface area contributed by atoms with E-state index in [0.29, 0.717) is 29.0 Å². The molecule has 0 aliphatic carbocycles. The monoisotopic (exact) mass is 489 g/mol. The molecule has 9 heteroatoms. The summed E-state index contributed by atoms with van der Waals surface area (Å²) in [5.74, 6) is 2.22. The van der Waals surface area contributed by atoms with Crippen molar-refractivity contribution in [3.8, 4) is 23.0 Å². The molecule has 0 N–H and O–H groups in total. The number of ether oxygens (including phenoxy) is 4. The second-order valence-electron chi connectivity index (χ2n) is 7.59. The number of methoxy groups -OCH3 is 1. The summed E-state index contributed by atoms with van der Waals surface area (Å²) in [5.41, 5.74) is 1.55. The number of carbonyl (C=O) groups excluding carboxylic acids is 1. The molecule has 0 radical (unpaired) electrons. The van der Waals surface area contributed by atoms with Crippen LogP contribution in [0.25, 0.3) is 10.2 Å². The van der Waals surface area contributed by atoms with E-state index in [-0.39, 0.29) is 12.5 Å². The molecule has 0 saturated heterocycles. The van der Waals surface area contributed by atoms with Gasteiger partial charge in [0.25, 0.3) is 5.91 Å². The molecule has 4 aromatic rings. The number of rotatable bonds is 7. The summed E-state index contributed by atoms with van der Waals surface area (Å²) in [4.78, 5) is 18.2. The van der Waals surface area contributed by atoms with Gasteiger partial charge in [0, 0.05) is 0 Å². The first-order valence-electron chi connectivity index (χ1n) is 11.1. The molecule has 0 fully saturated rings. The predicted molar refractivity (Wildman–Crippen MR) is 135 cm³/mol. The first kappa shape index (κ1) is 22.7. The van der Waals surface area contributed by atoms with E-state index in [2.05, 4.69) is 10.1 Å². The van der Waals surface area contributed by atoms with Gasteiger partial charge in [-0.2, -0.15) is 10.1 Å². The van der Waals surface area contributed by atoms with Crippen LogP contribution in [-0.2, 0) is 4.79 Å². The number of benzene rings is 3. The Morgan fingerprint density at radius 2 is 1.91 bits per heavy atom. The lowest BCUT2D eigenvalue weighted by atomic mass is 10.2. The first-order valence-corrected chi connectivity index (χ1v) is 11.9. The van der Waals surface area contributed by atoms with Crippen LogP contribution >= 0.6 is 11.3 Å². The van der Waals surface area contributed by atoms with Crippen molar-refractivity contribution in [1.82, 2.24) is 4.98 Å². The number of aromatic nitrogens is 1. The van der Waals surface area contributed by atoms with Gasteiger partial charge in [-0.3, -0.25) is 4.79 Å². The number of thiazole rings is 1. The van der Waals surface area contributed by atoms with E-state index < -0.39 is 6.10 Å². The quantitative estimate of drug-likeness (QED) is 0.271. The Labute approximate surface area is 206 Å². The van der Waals surface area contributed by atoms with Gasteiger partial charge in [-0.15, -0.1) is 0 Å². The minimum absolute atomic E-state index is 0.0731. The zero-order valence-electron chi connectivity index (χ0n) is 19.2. The smallest absolute Gasteiger partial charge is 0.294 e. The maximum absolute atomic E-state index is 13.6. The number of fused-ring (bicyclic) bond motifs is 2. The molecule has 35 heavy (non-hydrogen) atoms. The number of amides is 1. The van der Waals surface area contributed by atoms with Crippen molar-refractivity contribution in [2.24, 2.45) is 5.10 Å². The van der Waals surface area contributed by atoms with Gasteiger partial charge in [0.2, 0.25) is 11.2 Å². The Morgan fingerprint density at radius 3 is 2.69 bits per heavy atom. The topological polar surface area (TPSA) is 82.5 Å². The SMILES string of the molecule is CCOc1ccc(/C=N/N(C(=O)C2COc3ccccc3O2)c2nc3ccc(OC)cc3s2)cc1. The molecule has 1 aliphatic heterocycles. The lowest BCUT2D eigenvalue weighted by Crippen LogP contribution is -2.44. The molecule has 3 aromatic carbocycles. The van der Waals surface area contributed by atoms with Crippen molar-refractivity contribution in [2.45, 2.75) is 13.0 Å². The Morgan fingerprint density at radius 1 is 1.14 bits per heavy atom. The Bertz CT molecular complexity index is 1370. The highest BCUT2D eigenvalue weighted by atomic mass is 32.1. The van der Waals surface area contributed by atoms with Crippen LogP contribution in [0.4, 0.5) is 5.13 Å². The van der Waals surface area contributed by atoms with E-state index in [1.807, 2.05) is 61.5 Å². The van der Waals surface area contributed by atoms with Gasteiger partial charge in [0.05, 0.1) is 30.1 Å². The predicted octanol–water partition coefficient (Wildman–Crippen LogP) is 4.91. The minimum Gasteiger partial charge on any atom is -0.497 e. The minimum atomic E-state index is -0.871. The van der Waals surface area contributed by atoms with Crippen molar-refractivity contribution in [3.05, 3.63) is 72.3 Å². The third kappa shape index (κ3) is 4.90. The van der Waals surface area contributed by atoms with Gasteiger partial charge < -0.3 is 18.9 Å². The third-order valence-electron chi connectivity index (χ3n) is 5.27. The van der Waals surface area contributed by atoms with Crippen molar-refractivity contribution >= 4 is 38.8 Å². The van der Waals surface area contributed by atoms with E-state index in [1.165, 1.54) is 16.3 Å². The molecular formula is C26H23N3O5S. The van der Waals surface area contributed by atoms with Crippen molar-refractivity contribution in [3.63, 3.8) is 0 Å². The summed E-state index contributed by atoms with van der Waals surface area (Å²) in [6.07, 6.45) is 0.738. The summed E-state index contributed by atoms with van der Waals surface area (Å²) in [5, 5.41) is 6.20. The molecule has 1 unspecified atom stereocenters. The van der Waals surface area contributed by atoms with Crippen LogP contribution in [0.5, 0.6) is 23.0 Å². The van der Waals surface area contributed by atoms with Gasteiger partial charge in [-0.1, -0.05) is 23.5 Å². The molecule has 2 heterocycles. The highest BCUT2D eigenvalue weighted by Crippen LogP contribution is 2.34. The van der Waals surface area contributed by atoms with Crippen LogP contribution in [0.1, 0.15) is 12.5 Å². The van der Waals surface area contributed by atoms with Crippen molar-refractivity contribution in [2.75, 3.05) is 25.3 Å². The number of para-hydroxylation sites is 2. The molecule has 5 rings (SSSR count). The molecule has 0 saturated carbocycles. The second kappa shape index (κ2) is 10.0. The Balaban J connectivity index is 1.47.